The molecule has 0 N–H and O–H groups in total. The number of thioether (sulfide) groups is 1. The zero-order chi connectivity index (χ0) is 13.1. The van der Waals surface area contributed by atoms with Crippen molar-refractivity contribution in [3.63, 3.8) is 0 Å². The Morgan fingerprint density at radius 1 is 1.44 bits per heavy atom. The normalized spacial score (nSPS) is 10.8. The fourth-order valence-corrected chi connectivity index (χ4v) is 2.56. The van der Waals surface area contributed by atoms with Gasteiger partial charge in [0.2, 0.25) is 0 Å². The van der Waals surface area contributed by atoms with E-state index in [1.807, 2.05) is 29.7 Å². The Hall–Kier alpha value is -1.49. The molecule has 0 fully saturated rings. The van der Waals surface area contributed by atoms with E-state index in [0.717, 1.165) is 22.0 Å². The Morgan fingerprint density at radius 2 is 2.22 bits per heavy atom. The van der Waals surface area contributed by atoms with Crippen molar-refractivity contribution < 1.29 is 9.53 Å². The molecule has 0 aromatic carbocycles. The largest absolute Gasteiger partial charge is 0.461 e. The molecule has 0 amide bonds. The highest BCUT2D eigenvalue weighted by molar-refractivity contribution is 7.99. The average Bonchev–Trinajstić information content (AvgIpc) is 2.69. The number of nitrogens with zero attached hydrogens (tertiary/aromatic N) is 2. The van der Waals surface area contributed by atoms with E-state index in [1.54, 1.807) is 18.7 Å². The molecule has 96 valence electrons. The molecule has 0 bridgehead atoms. The first-order valence-electron chi connectivity index (χ1n) is 5.96. The summed E-state index contributed by atoms with van der Waals surface area (Å²) in [6.45, 7) is 6.23. The summed E-state index contributed by atoms with van der Waals surface area (Å²) in [6, 6.07) is 3.90. The minimum atomic E-state index is -0.352. The minimum Gasteiger partial charge on any atom is -0.461 e. The van der Waals surface area contributed by atoms with Crippen LogP contribution in [0.15, 0.2) is 23.4 Å². The van der Waals surface area contributed by atoms with Crippen LogP contribution in [0.2, 0.25) is 0 Å². The lowest BCUT2D eigenvalue weighted by Crippen LogP contribution is -2.06. The highest BCUT2D eigenvalue weighted by atomic mass is 32.2. The number of imidazole rings is 1. The molecule has 0 saturated carbocycles. The molecule has 2 aromatic rings. The Morgan fingerprint density at radius 3 is 2.89 bits per heavy atom. The van der Waals surface area contributed by atoms with E-state index >= 15 is 0 Å². The quantitative estimate of drug-likeness (QED) is 0.629. The molecule has 18 heavy (non-hydrogen) atoms. The maximum Gasteiger partial charge on any atom is 0.359 e. The molecule has 0 spiro atoms. The topological polar surface area (TPSA) is 43.6 Å². The summed E-state index contributed by atoms with van der Waals surface area (Å²) < 4.78 is 7.00. The first kappa shape index (κ1) is 13.0. The standard InChI is InChI=1S/C13H16N2O2S/c1-4-17-13(16)11-12(18-5-2)15-8-9(3)6-7-10(15)14-11/h6-8H,4-5H2,1-3H3. The molecule has 0 saturated heterocycles. The van der Waals surface area contributed by atoms with Crippen molar-refractivity contribution in [1.82, 2.24) is 9.38 Å². The van der Waals surface area contributed by atoms with Gasteiger partial charge >= 0.3 is 5.97 Å². The van der Waals surface area contributed by atoms with Gasteiger partial charge in [0.05, 0.1) is 6.61 Å². The van der Waals surface area contributed by atoms with E-state index < -0.39 is 0 Å². The SMILES string of the molecule is CCOC(=O)c1nc2ccc(C)cn2c1SCC. The van der Waals surface area contributed by atoms with Crippen LogP contribution in [0.3, 0.4) is 0 Å². The van der Waals surface area contributed by atoms with Crippen LogP contribution in [-0.2, 0) is 4.74 Å². The maximum atomic E-state index is 11.9. The van der Waals surface area contributed by atoms with Gasteiger partial charge in [0, 0.05) is 6.20 Å². The second kappa shape index (κ2) is 5.44. The van der Waals surface area contributed by atoms with Gasteiger partial charge in [-0.1, -0.05) is 13.0 Å². The predicted molar refractivity (Wildman–Crippen MR) is 72.3 cm³/mol. The van der Waals surface area contributed by atoms with Crippen molar-refractivity contribution in [1.29, 1.82) is 0 Å². The molecule has 0 radical (unpaired) electrons. The van der Waals surface area contributed by atoms with Crippen LogP contribution in [0.5, 0.6) is 0 Å². The summed E-state index contributed by atoms with van der Waals surface area (Å²) in [7, 11) is 0. The number of pyridine rings is 1. The predicted octanol–water partition coefficient (Wildman–Crippen LogP) is 2.93. The van der Waals surface area contributed by atoms with Crippen molar-refractivity contribution in [2.24, 2.45) is 0 Å². The molecule has 2 aromatic heterocycles. The molecule has 2 heterocycles. The van der Waals surface area contributed by atoms with E-state index in [-0.39, 0.29) is 5.97 Å². The summed E-state index contributed by atoms with van der Waals surface area (Å²) in [4.78, 5) is 16.2. The van der Waals surface area contributed by atoms with E-state index in [9.17, 15) is 4.79 Å². The van der Waals surface area contributed by atoms with E-state index in [1.165, 1.54) is 0 Å². The van der Waals surface area contributed by atoms with Gasteiger partial charge in [-0.2, -0.15) is 0 Å². The summed E-state index contributed by atoms with van der Waals surface area (Å²) in [6.07, 6.45) is 1.99. The molecule has 4 nitrogen and oxygen atoms in total. The number of carbonyl (C=O) groups excluding carboxylic acids is 1. The lowest BCUT2D eigenvalue weighted by atomic mass is 10.3. The lowest BCUT2D eigenvalue weighted by molar-refractivity contribution is 0.0515. The molecule has 0 aliphatic heterocycles. The first-order chi connectivity index (χ1) is 8.67. The minimum absolute atomic E-state index is 0.352. The van der Waals surface area contributed by atoms with Gasteiger partial charge < -0.3 is 4.74 Å². The number of aryl methyl sites for hydroxylation is 1. The van der Waals surface area contributed by atoms with Crippen LogP contribution in [0.1, 0.15) is 29.9 Å². The van der Waals surface area contributed by atoms with Crippen LogP contribution in [-0.4, -0.2) is 27.7 Å². The monoisotopic (exact) mass is 264 g/mol. The highest BCUT2D eigenvalue weighted by Gasteiger charge is 2.19. The van der Waals surface area contributed by atoms with Gasteiger partial charge in [0.25, 0.3) is 0 Å². The van der Waals surface area contributed by atoms with Crippen molar-refractivity contribution in [2.75, 3.05) is 12.4 Å². The molecule has 5 heteroatoms. The smallest absolute Gasteiger partial charge is 0.359 e. The third-order valence-electron chi connectivity index (χ3n) is 2.47. The molecule has 0 unspecified atom stereocenters. The molecule has 0 aliphatic rings. The summed E-state index contributed by atoms with van der Waals surface area (Å²) >= 11 is 1.60. The van der Waals surface area contributed by atoms with Gasteiger partial charge in [-0.3, -0.25) is 4.40 Å². The molecule has 0 atom stereocenters. The van der Waals surface area contributed by atoms with E-state index in [2.05, 4.69) is 11.9 Å². The number of carbonyl (C=O) groups is 1. The lowest BCUT2D eigenvalue weighted by Gasteiger charge is -2.03. The van der Waals surface area contributed by atoms with Crippen LogP contribution in [0.25, 0.3) is 5.65 Å². The Labute approximate surface area is 110 Å². The number of hydrogen-bond acceptors (Lipinski definition) is 4. The second-order valence-corrected chi connectivity index (χ2v) is 5.11. The van der Waals surface area contributed by atoms with Gasteiger partial charge in [-0.15, -0.1) is 11.8 Å². The number of rotatable bonds is 4. The molecular formula is C13H16N2O2S. The summed E-state index contributed by atoms with van der Waals surface area (Å²) in [5, 5.41) is 0.856. The van der Waals surface area contributed by atoms with E-state index in [4.69, 9.17) is 4.74 Å². The Balaban J connectivity index is 2.57. The third kappa shape index (κ3) is 2.36. The van der Waals surface area contributed by atoms with Crippen molar-refractivity contribution in [3.05, 3.63) is 29.6 Å². The zero-order valence-electron chi connectivity index (χ0n) is 10.8. The number of aromatic nitrogens is 2. The fraction of sp³-hybridized carbons (Fsp3) is 0.385. The average molecular weight is 264 g/mol. The number of hydrogen-bond donors (Lipinski definition) is 0. The summed E-state index contributed by atoms with van der Waals surface area (Å²) in [5.74, 6) is 0.531. The highest BCUT2D eigenvalue weighted by Crippen LogP contribution is 2.25. The van der Waals surface area contributed by atoms with Gasteiger partial charge in [-0.25, -0.2) is 9.78 Å². The Bertz CT molecular complexity index is 578. The van der Waals surface area contributed by atoms with Gasteiger partial charge in [-0.05, 0) is 31.2 Å². The van der Waals surface area contributed by atoms with Crippen molar-refractivity contribution >= 4 is 23.4 Å². The van der Waals surface area contributed by atoms with Crippen molar-refractivity contribution in [2.45, 2.75) is 25.8 Å². The van der Waals surface area contributed by atoms with Gasteiger partial charge in [0.1, 0.15) is 10.7 Å². The van der Waals surface area contributed by atoms with Crippen molar-refractivity contribution in [3.8, 4) is 0 Å². The number of esters is 1. The number of ether oxygens (including phenoxy) is 1. The van der Waals surface area contributed by atoms with E-state index in [0.29, 0.717) is 12.3 Å². The first-order valence-corrected chi connectivity index (χ1v) is 6.94. The second-order valence-electron chi connectivity index (χ2n) is 3.85. The third-order valence-corrected chi connectivity index (χ3v) is 3.42. The molecular weight excluding hydrogens is 248 g/mol. The van der Waals surface area contributed by atoms with Crippen LogP contribution in [0.4, 0.5) is 0 Å². The van der Waals surface area contributed by atoms with Crippen LogP contribution < -0.4 is 0 Å². The maximum absolute atomic E-state index is 11.9. The van der Waals surface area contributed by atoms with Crippen LogP contribution in [0, 0.1) is 6.92 Å². The zero-order valence-corrected chi connectivity index (χ0v) is 11.6. The Kier molecular flexibility index (Phi) is 3.91. The van der Waals surface area contributed by atoms with Gasteiger partial charge in [0.15, 0.2) is 5.69 Å². The number of fused-ring (bicyclic) bond motifs is 1. The molecule has 0 aliphatic carbocycles. The van der Waals surface area contributed by atoms with Crippen LogP contribution >= 0.6 is 11.8 Å². The molecule has 2 rings (SSSR count). The summed E-state index contributed by atoms with van der Waals surface area (Å²) in [5.41, 5.74) is 2.32. The fourth-order valence-electron chi connectivity index (χ4n) is 1.74.